The molecule has 3 aromatic carbocycles. The molecule has 12 rings (SSSR count). The average molecular weight is 935 g/mol. The van der Waals surface area contributed by atoms with E-state index < -0.39 is 17.7 Å². The van der Waals surface area contributed by atoms with Crippen molar-refractivity contribution in [3.63, 3.8) is 0 Å². The molecule has 3 amide bonds. The van der Waals surface area contributed by atoms with Gasteiger partial charge in [0.25, 0.3) is 17.7 Å². The van der Waals surface area contributed by atoms with Crippen LogP contribution in [-0.4, -0.2) is 93.9 Å². The number of nitrogens with zero attached hydrogens (tertiary/aromatic N) is 7. The van der Waals surface area contributed by atoms with Gasteiger partial charge in [-0.2, -0.15) is 0 Å². The molecule has 0 saturated carbocycles. The van der Waals surface area contributed by atoms with Crippen molar-refractivity contribution < 1.29 is 38.1 Å². The molecular formula is C52H42N10O8. The molecule has 9 aromatic rings. The number of pyridine rings is 6. The highest BCUT2D eigenvalue weighted by Crippen LogP contribution is 2.38. The lowest BCUT2D eigenvalue weighted by Gasteiger charge is -2.29. The van der Waals surface area contributed by atoms with E-state index in [-0.39, 0.29) is 23.9 Å². The van der Waals surface area contributed by atoms with Crippen molar-refractivity contribution in [1.29, 1.82) is 0 Å². The molecule has 70 heavy (non-hydrogen) atoms. The number of rotatable bonds is 7. The van der Waals surface area contributed by atoms with Crippen molar-refractivity contribution in [2.24, 2.45) is 17.2 Å². The fraction of sp³-hybridized carbons (Fsp3) is 0.135. The molecule has 1 saturated heterocycles. The molecule has 3 aliphatic heterocycles. The van der Waals surface area contributed by atoms with Crippen LogP contribution in [-0.2, 0) is 4.74 Å². The predicted octanol–water partition coefficient (Wildman–Crippen LogP) is 6.52. The second kappa shape index (κ2) is 19.5. The van der Waals surface area contributed by atoms with Gasteiger partial charge in [0, 0.05) is 88.8 Å². The highest BCUT2D eigenvalue weighted by Gasteiger charge is 2.19. The van der Waals surface area contributed by atoms with Gasteiger partial charge in [-0.3, -0.25) is 29.3 Å². The van der Waals surface area contributed by atoms with E-state index >= 15 is 0 Å². The largest absolute Gasteiger partial charge is 0.486 e. The van der Waals surface area contributed by atoms with Crippen LogP contribution in [0.25, 0.3) is 66.1 Å². The molecule has 18 heteroatoms. The lowest BCUT2D eigenvalue weighted by atomic mass is 10.0. The second-order valence-corrected chi connectivity index (χ2v) is 16.0. The van der Waals surface area contributed by atoms with E-state index in [1.54, 1.807) is 67.5 Å². The number of anilines is 1. The summed E-state index contributed by atoms with van der Waals surface area (Å²) >= 11 is 0. The summed E-state index contributed by atoms with van der Waals surface area (Å²) in [5.41, 5.74) is 25.2. The summed E-state index contributed by atoms with van der Waals surface area (Å²) in [5, 5.41) is 2.54. The summed E-state index contributed by atoms with van der Waals surface area (Å²) in [6, 6.07) is 29.8. The molecule has 3 aliphatic rings. The van der Waals surface area contributed by atoms with E-state index in [1.165, 1.54) is 0 Å². The molecule has 0 spiro atoms. The van der Waals surface area contributed by atoms with Crippen LogP contribution in [0.1, 0.15) is 31.5 Å². The molecule has 6 aromatic heterocycles. The van der Waals surface area contributed by atoms with Crippen molar-refractivity contribution in [1.82, 2.24) is 29.9 Å². The number of carbonyl (C=O) groups excluding carboxylic acids is 3. The van der Waals surface area contributed by atoms with Gasteiger partial charge >= 0.3 is 0 Å². The zero-order chi connectivity index (χ0) is 48.1. The first-order valence-corrected chi connectivity index (χ1v) is 22.0. The van der Waals surface area contributed by atoms with E-state index in [2.05, 4.69) is 46.9 Å². The number of hydrogen-bond acceptors (Lipinski definition) is 15. The Morgan fingerprint density at radius 2 is 0.871 bits per heavy atom. The topological polar surface area (TPSA) is 256 Å². The van der Waals surface area contributed by atoms with Gasteiger partial charge < -0.3 is 45.8 Å². The summed E-state index contributed by atoms with van der Waals surface area (Å²) in [7, 11) is 0. The summed E-state index contributed by atoms with van der Waals surface area (Å²) in [4.78, 5) is 62.5. The van der Waals surface area contributed by atoms with Gasteiger partial charge in [0.15, 0.2) is 23.0 Å². The fourth-order valence-corrected chi connectivity index (χ4v) is 8.14. The molecule has 0 unspecified atom stereocenters. The Kier molecular flexibility index (Phi) is 12.4. The minimum atomic E-state index is -0.560. The van der Waals surface area contributed by atoms with Crippen LogP contribution in [0.4, 0.5) is 5.69 Å². The van der Waals surface area contributed by atoms with Crippen molar-refractivity contribution >= 4 is 56.1 Å². The zero-order valence-electron chi connectivity index (χ0n) is 37.3. The van der Waals surface area contributed by atoms with Crippen LogP contribution in [0.2, 0.25) is 0 Å². The van der Waals surface area contributed by atoms with Crippen molar-refractivity contribution in [3.8, 4) is 56.4 Å². The van der Waals surface area contributed by atoms with Crippen LogP contribution >= 0.6 is 0 Å². The van der Waals surface area contributed by atoms with Gasteiger partial charge in [0.05, 0.1) is 29.8 Å². The molecule has 18 nitrogen and oxygen atoms in total. The van der Waals surface area contributed by atoms with E-state index in [1.807, 2.05) is 54.6 Å². The fourth-order valence-electron chi connectivity index (χ4n) is 8.14. The lowest BCUT2D eigenvalue weighted by Crippen LogP contribution is -2.36. The number of amides is 3. The molecule has 9 heterocycles. The smallest absolute Gasteiger partial charge is 0.267 e. The number of carbonyl (C=O) groups is 3. The van der Waals surface area contributed by atoms with Crippen molar-refractivity contribution in [3.05, 3.63) is 151 Å². The average Bonchev–Trinajstić information content (AvgIpc) is 3.89. The Labute approximate surface area is 399 Å². The minimum Gasteiger partial charge on any atom is -0.486 e. The number of nitrogens with two attached hydrogens (primary N) is 3. The molecule has 348 valence electrons. The van der Waals surface area contributed by atoms with Gasteiger partial charge in [0.2, 0.25) is 6.79 Å². The molecule has 6 N–H and O–H groups in total. The molecule has 1 fully saturated rings. The molecule has 0 radical (unpaired) electrons. The Morgan fingerprint density at radius 3 is 1.36 bits per heavy atom. The van der Waals surface area contributed by atoms with Crippen molar-refractivity contribution in [2.75, 3.05) is 51.2 Å². The lowest BCUT2D eigenvalue weighted by molar-refractivity contribution is 0.0987. The number of benzene rings is 3. The molecular weight excluding hydrogens is 893 g/mol. The Morgan fingerprint density at radius 1 is 0.443 bits per heavy atom. The van der Waals surface area contributed by atoms with Crippen LogP contribution < -0.4 is 41.0 Å². The van der Waals surface area contributed by atoms with Crippen LogP contribution in [0.5, 0.6) is 23.0 Å². The number of fused-ring (bicyclic) bond motifs is 5. The Bertz CT molecular complexity index is 3490. The van der Waals surface area contributed by atoms with Crippen molar-refractivity contribution in [2.45, 2.75) is 0 Å². The third kappa shape index (κ3) is 9.34. The predicted molar refractivity (Wildman–Crippen MR) is 261 cm³/mol. The normalized spacial score (nSPS) is 13.5. The first-order chi connectivity index (χ1) is 34.2. The van der Waals surface area contributed by atoms with Gasteiger partial charge in [0.1, 0.15) is 30.3 Å². The van der Waals surface area contributed by atoms with Crippen LogP contribution in [0.3, 0.4) is 0 Å². The number of hydrogen-bond donors (Lipinski definition) is 3. The number of morpholine rings is 1. The van der Waals surface area contributed by atoms with Gasteiger partial charge in [-0.15, -0.1) is 0 Å². The zero-order valence-corrected chi connectivity index (χ0v) is 37.3. The second-order valence-electron chi connectivity index (χ2n) is 16.0. The number of primary amides is 3. The van der Waals surface area contributed by atoms with Gasteiger partial charge in [-0.1, -0.05) is 24.3 Å². The van der Waals surface area contributed by atoms with Crippen LogP contribution in [0.15, 0.2) is 134 Å². The first kappa shape index (κ1) is 44.5. The number of aromatic nitrogens is 6. The quantitative estimate of drug-likeness (QED) is 0.154. The molecule has 0 aliphatic carbocycles. The maximum atomic E-state index is 11.5. The van der Waals surface area contributed by atoms with Crippen LogP contribution in [0, 0.1) is 0 Å². The molecule has 0 atom stereocenters. The number of ether oxygens (including phenoxy) is 5. The van der Waals surface area contributed by atoms with E-state index in [0.717, 1.165) is 92.8 Å². The highest BCUT2D eigenvalue weighted by atomic mass is 16.7. The summed E-state index contributed by atoms with van der Waals surface area (Å²) in [6.45, 7) is 4.52. The maximum absolute atomic E-state index is 11.5. The Hall–Kier alpha value is -9.29. The minimum absolute atomic E-state index is 0.219. The van der Waals surface area contributed by atoms with Gasteiger partial charge in [-0.05, 0) is 89.5 Å². The van der Waals surface area contributed by atoms with Gasteiger partial charge in [-0.25, -0.2) is 15.0 Å². The molecule has 0 bridgehead atoms. The third-order valence-corrected chi connectivity index (χ3v) is 11.6. The SMILES string of the molecule is NC(=O)c1ccc2cncc(-c3ccc4c(c3)OCCO4)c2n1.NC(=O)c1ccc2cncc(-c3ccc4c(c3)OCO4)c2n1.NC(=O)c1ccc2cncc(-c3cccc(N4CCOCC4)c3)c2n1. The van der Waals surface area contributed by atoms with E-state index in [4.69, 9.17) is 40.9 Å². The third-order valence-electron chi connectivity index (χ3n) is 11.6. The highest BCUT2D eigenvalue weighted by molar-refractivity contribution is 6.00. The monoisotopic (exact) mass is 934 g/mol. The maximum Gasteiger partial charge on any atom is 0.267 e. The van der Waals surface area contributed by atoms with E-state index in [9.17, 15) is 14.4 Å². The summed E-state index contributed by atoms with van der Waals surface area (Å²) in [6.07, 6.45) is 10.3. The standard InChI is InChI=1S/C19H18N4O2.C17H13N3O3.C16H11N3O3/c20-19(24)17-5-4-14-11-21-12-16(18(14)22-17)13-2-1-3-15(10-13)23-6-8-25-9-7-23;18-17(21)13-3-1-11-8-19-9-12(16(11)20-13)10-2-4-14-15(7-10)23-6-5-22-14;17-16(20)12-3-1-10-6-18-7-11(15(10)19-12)9-2-4-13-14(5-9)22-8-21-13/h1-5,10-12H,6-9H2,(H2,20,24);1-4,7-9H,5-6H2,(H2,18,21);1-7H,8H2,(H2,17,20). The Balaban J connectivity index is 0.000000122. The first-order valence-electron chi connectivity index (χ1n) is 22.0. The van der Waals surface area contributed by atoms with E-state index in [0.29, 0.717) is 41.5 Å². The summed E-state index contributed by atoms with van der Waals surface area (Å²) < 4.78 is 27.3. The summed E-state index contributed by atoms with van der Waals surface area (Å²) in [5.74, 6) is 1.15.